The molecule has 7 heteroatoms. The highest BCUT2D eigenvalue weighted by Crippen LogP contribution is 2.20. The van der Waals surface area contributed by atoms with Crippen LogP contribution in [0.15, 0.2) is 30.5 Å². The summed E-state index contributed by atoms with van der Waals surface area (Å²) in [7, 11) is 0. The van der Waals surface area contributed by atoms with Gasteiger partial charge >= 0.3 is 0 Å². The minimum absolute atomic E-state index is 0.0782. The number of rotatable bonds is 4. The maximum absolute atomic E-state index is 10.7. The zero-order chi connectivity index (χ0) is 13.8. The number of nitrogens with one attached hydrogen (secondary N) is 1. The molecular formula is C12H11ClN4O2. The molecule has 0 atom stereocenters. The molecule has 98 valence electrons. The number of nitrogens with zero attached hydrogens (tertiary/aromatic N) is 3. The first-order valence-electron chi connectivity index (χ1n) is 5.52. The molecule has 19 heavy (non-hydrogen) atoms. The van der Waals surface area contributed by atoms with E-state index in [-0.39, 0.29) is 10.8 Å². The van der Waals surface area contributed by atoms with Crippen LogP contribution in [0.5, 0.6) is 0 Å². The first-order chi connectivity index (χ1) is 9.06. The molecule has 0 spiro atoms. The Kier molecular flexibility index (Phi) is 3.91. The summed E-state index contributed by atoms with van der Waals surface area (Å²) in [5.41, 5.74) is 1.79. The Morgan fingerprint density at radius 2 is 2.26 bits per heavy atom. The second-order valence-corrected chi connectivity index (χ2v) is 4.30. The number of hydrogen-bond acceptors (Lipinski definition) is 5. The van der Waals surface area contributed by atoms with Crippen molar-refractivity contribution in [2.24, 2.45) is 0 Å². The highest BCUT2D eigenvalue weighted by Gasteiger charge is 2.10. The van der Waals surface area contributed by atoms with E-state index in [0.717, 1.165) is 11.3 Å². The van der Waals surface area contributed by atoms with Gasteiger partial charge < -0.3 is 5.32 Å². The average molecular weight is 279 g/mol. The zero-order valence-electron chi connectivity index (χ0n) is 10.1. The Morgan fingerprint density at radius 1 is 1.47 bits per heavy atom. The van der Waals surface area contributed by atoms with Crippen LogP contribution in [0.4, 0.5) is 11.5 Å². The summed E-state index contributed by atoms with van der Waals surface area (Å²) in [5.74, 6) is 0.351. The third-order valence-electron chi connectivity index (χ3n) is 2.54. The molecule has 2 aromatic rings. The summed E-state index contributed by atoms with van der Waals surface area (Å²) >= 11 is 5.74. The van der Waals surface area contributed by atoms with Crippen LogP contribution in [0.1, 0.15) is 11.3 Å². The Morgan fingerprint density at radius 3 is 2.95 bits per heavy atom. The molecular weight excluding hydrogens is 268 g/mol. The predicted octanol–water partition coefficient (Wildman–Crippen LogP) is 2.96. The lowest BCUT2D eigenvalue weighted by atomic mass is 10.2. The molecule has 0 radical (unpaired) electrons. The molecule has 0 saturated heterocycles. The number of halogens is 1. The van der Waals surface area contributed by atoms with Gasteiger partial charge in [0.1, 0.15) is 11.0 Å². The lowest BCUT2D eigenvalue weighted by molar-refractivity contribution is -0.384. The van der Waals surface area contributed by atoms with Gasteiger partial charge in [-0.25, -0.2) is 4.98 Å². The zero-order valence-corrected chi connectivity index (χ0v) is 10.9. The molecule has 1 N–H and O–H groups in total. The predicted molar refractivity (Wildman–Crippen MR) is 72.2 cm³/mol. The number of hydrogen-bond donors (Lipinski definition) is 1. The average Bonchev–Trinajstić information content (AvgIpc) is 2.37. The number of aryl methyl sites for hydroxylation is 1. The van der Waals surface area contributed by atoms with E-state index in [9.17, 15) is 10.1 Å². The number of nitro groups is 1. The second-order valence-electron chi connectivity index (χ2n) is 3.91. The van der Waals surface area contributed by atoms with Crippen LogP contribution in [-0.2, 0) is 6.54 Å². The van der Waals surface area contributed by atoms with Gasteiger partial charge in [-0.2, -0.15) is 0 Å². The molecule has 0 aliphatic rings. The molecule has 0 unspecified atom stereocenters. The van der Waals surface area contributed by atoms with E-state index in [1.807, 2.05) is 19.1 Å². The summed E-state index contributed by atoms with van der Waals surface area (Å²) < 4.78 is 0. The molecule has 2 rings (SSSR count). The van der Waals surface area contributed by atoms with Crippen molar-refractivity contribution in [3.63, 3.8) is 0 Å². The van der Waals surface area contributed by atoms with Crippen molar-refractivity contribution < 1.29 is 4.92 Å². The fraction of sp³-hybridized carbons (Fsp3) is 0.167. The van der Waals surface area contributed by atoms with Gasteiger partial charge in [0.05, 0.1) is 29.3 Å². The fourth-order valence-corrected chi connectivity index (χ4v) is 1.76. The van der Waals surface area contributed by atoms with Gasteiger partial charge in [-0.1, -0.05) is 17.7 Å². The van der Waals surface area contributed by atoms with E-state index in [1.165, 1.54) is 12.1 Å². The van der Waals surface area contributed by atoms with Gasteiger partial charge in [0, 0.05) is 6.20 Å². The molecule has 0 aliphatic carbocycles. The number of aromatic nitrogens is 2. The number of pyridine rings is 2. The SMILES string of the molecule is Cc1cccnc1CNc1cc([N+](=O)[O-])cc(Cl)n1. The highest BCUT2D eigenvalue weighted by molar-refractivity contribution is 6.29. The van der Waals surface area contributed by atoms with E-state index in [4.69, 9.17) is 11.6 Å². The Bertz CT molecular complexity index is 618. The molecule has 0 aliphatic heterocycles. The molecule has 0 fully saturated rings. The van der Waals surface area contributed by atoms with Gasteiger partial charge in [-0.3, -0.25) is 15.1 Å². The van der Waals surface area contributed by atoms with Gasteiger partial charge in [0.25, 0.3) is 5.69 Å². The third-order valence-corrected chi connectivity index (χ3v) is 2.74. The van der Waals surface area contributed by atoms with Crippen molar-refractivity contribution in [2.75, 3.05) is 5.32 Å². The summed E-state index contributed by atoms with van der Waals surface area (Å²) in [6.45, 7) is 2.37. The monoisotopic (exact) mass is 278 g/mol. The van der Waals surface area contributed by atoms with Crippen molar-refractivity contribution in [1.82, 2.24) is 9.97 Å². The molecule has 2 heterocycles. The maximum atomic E-state index is 10.7. The smallest absolute Gasteiger partial charge is 0.276 e. The minimum Gasteiger partial charge on any atom is -0.364 e. The fourth-order valence-electron chi connectivity index (χ4n) is 1.56. The van der Waals surface area contributed by atoms with Crippen molar-refractivity contribution in [3.8, 4) is 0 Å². The van der Waals surface area contributed by atoms with Crippen LogP contribution in [0.3, 0.4) is 0 Å². The van der Waals surface area contributed by atoms with Gasteiger partial charge in [0.15, 0.2) is 0 Å². The van der Waals surface area contributed by atoms with E-state index in [0.29, 0.717) is 12.4 Å². The summed E-state index contributed by atoms with van der Waals surface area (Å²) in [5, 5.41) is 13.8. The van der Waals surface area contributed by atoms with E-state index in [1.54, 1.807) is 6.20 Å². The summed E-state index contributed by atoms with van der Waals surface area (Å²) in [6, 6.07) is 6.34. The van der Waals surface area contributed by atoms with Gasteiger partial charge in [-0.15, -0.1) is 0 Å². The van der Waals surface area contributed by atoms with Crippen LogP contribution >= 0.6 is 11.6 Å². The van der Waals surface area contributed by atoms with E-state index >= 15 is 0 Å². The van der Waals surface area contributed by atoms with Crippen molar-refractivity contribution in [2.45, 2.75) is 13.5 Å². The summed E-state index contributed by atoms with van der Waals surface area (Å²) in [4.78, 5) is 18.4. The first-order valence-corrected chi connectivity index (χ1v) is 5.90. The Balaban J connectivity index is 2.16. The molecule has 0 aromatic carbocycles. The standard InChI is InChI=1S/C12H11ClN4O2/c1-8-3-2-4-14-10(8)7-15-12-6-9(17(18)19)5-11(13)16-12/h2-6H,7H2,1H3,(H,15,16). The van der Waals surface area contributed by atoms with Crippen LogP contribution in [0.25, 0.3) is 0 Å². The van der Waals surface area contributed by atoms with Crippen LogP contribution < -0.4 is 5.32 Å². The van der Waals surface area contributed by atoms with Gasteiger partial charge in [0.2, 0.25) is 0 Å². The quantitative estimate of drug-likeness (QED) is 0.528. The second kappa shape index (κ2) is 5.62. The normalized spacial score (nSPS) is 10.2. The molecule has 6 nitrogen and oxygen atoms in total. The van der Waals surface area contributed by atoms with Crippen molar-refractivity contribution >= 4 is 23.1 Å². The molecule has 0 bridgehead atoms. The van der Waals surface area contributed by atoms with Crippen LogP contribution in [0, 0.1) is 17.0 Å². The maximum Gasteiger partial charge on any atom is 0.276 e. The van der Waals surface area contributed by atoms with Crippen LogP contribution in [-0.4, -0.2) is 14.9 Å². The number of anilines is 1. The largest absolute Gasteiger partial charge is 0.364 e. The summed E-state index contributed by atoms with van der Waals surface area (Å²) in [6.07, 6.45) is 1.69. The topological polar surface area (TPSA) is 81.0 Å². The van der Waals surface area contributed by atoms with Crippen molar-refractivity contribution in [3.05, 3.63) is 57.0 Å². The van der Waals surface area contributed by atoms with Crippen LogP contribution in [0.2, 0.25) is 5.15 Å². The van der Waals surface area contributed by atoms with E-state index in [2.05, 4.69) is 15.3 Å². The lowest BCUT2D eigenvalue weighted by Crippen LogP contribution is -2.05. The lowest BCUT2D eigenvalue weighted by Gasteiger charge is -2.07. The van der Waals surface area contributed by atoms with E-state index < -0.39 is 4.92 Å². The van der Waals surface area contributed by atoms with Crippen molar-refractivity contribution in [1.29, 1.82) is 0 Å². The Labute approximate surface area is 114 Å². The molecule has 0 saturated carbocycles. The molecule has 2 aromatic heterocycles. The highest BCUT2D eigenvalue weighted by atomic mass is 35.5. The van der Waals surface area contributed by atoms with Gasteiger partial charge in [-0.05, 0) is 18.6 Å². The minimum atomic E-state index is -0.509. The molecule has 0 amide bonds. The Hall–Kier alpha value is -2.21. The first kappa shape index (κ1) is 13.2. The third kappa shape index (κ3) is 3.38.